The number of hydrogen-bond donors (Lipinski definition) is 0. The van der Waals surface area contributed by atoms with Gasteiger partial charge in [0.1, 0.15) is 0 Å². The number of ether oxygens (including phenoxy) is 6. The Morgan fingerprint density at radius 2 is 1.12 bits per heavy atom. The van der Waals surface area contributed by atoms with Crippen molar-refractivity contribution in [3.8, 4) is 23.0 Å². The first kappa shape index (κ1) is 25.6. The molecule has 0 unspecified atom stereocenters. The molecule has 33 heavy (non-hydrogen) atoms. The van der Waals surface area contributed by atoms with Gasteiger partial charge in [-0.15, -0.1) is 0 Å². The van der Waals surface area contributed by atoms with Crippen LogP contribution in [0.5, 0.6) is 23.0 Å². The number of carbonyl (C=O) groups is 2. The molecule has 0 saturated carbocycles. The minimum atomic E-state index is -0.355. The van der Waals surface area contributed by atoms with Gasteiger partial charge in [0.25, 0.3) is 0 Å². The van der Waals surface area contributed by atoms with Gasteiger partial charge < -0.3 is 28.4 Å². The number of methoxy groups -OCH3 is 4. The average Bonchev–Trinajstić information content (AvgIpc) is 2.83. The molecule has 0 fully saturated rings. The molecule has 2 aromatic carbocycles. The van der Waals surface area contributed by atoms with Crippen LogP contribution >= 0.6 is 0 Å². The molecule has 0 aliphatic carbocycles. The summed E-state index contributed by atoms with van der Waals surface area (Å²) in [6.07, 6.45) is 5.53. The number of rotatable bonds is 14. The lowest BCUT2D eigenvalue weighted by Crippen LogP contribution is -2.04. The summed E-state index contributed by atoms with van der Waals surface area (Å²) in [7, 11) is 6.05. The molecule has 0 saturated heterocycles. The second kappa shape index (κ2) is 13.7. The number of ketones is 2. The van der Waals surface area contributed by atoms with Crippen molar-refractivity contribution in [1.29, 1.82) is 0 Å². The third-order valence-corrected chi connectivity index (χ3v) is 4.35. The van der Waals surface area contributed by atoms with E-state index in [4.69, 9.17) is 28.4 Å². The molecule has 0 atom stereocenters. The van der Waals surface area contributed by atoms with Crippen molar-refractivity contribution >= 4 is 23.7 Å². The highest BCUT2D eigenvalue weighted by molar-refractivity contribution is 6.11. The Morgan fingerprint density at radius 3 is 1.48 bits per heavy atom. The maximum absolute atomic E-state index is 12.3. The van der Waals surface area contributed by atoms with Gasteiger partial charge in [-0.25, -0.2) is 0 Å². The van der Waals surface area contributed by atoms with Gasteiger partial charge in [0.05, 0.1) is 20.6 Å². The summed E-state index contributed by atoms with van der Waals surface area (Å²) < 4.78 is 31.6. The molecule has 2 aromatic rings. The van der Waals surface area contributed by atoms with Crippen molar-refractivity contribution in [3.63, 3.8) is 0 Å². The van der Waals surface area contributed by atoms with E-state index in [1.165, 1.54) is 40.6 Å². The van der Waals surface area contributed by atoms with Crippen molar-refractivity contribution < 1.29 is 38.0 Å². The maximum Gasteiger partial charge on any atom is 0.188 e. The van der Waals surface area contributed by atoms with Gasteiger partial charge in [-0.1, -0.05) is 24.3 Å². The van der Waals surface area contributed by atoms with Crippen molar-refractivity contribution in [2.75, 3.05) is 42.0 Å². The molecule has 0 spiro atoms. The highest BCUT2D eigenvalue weighted by Gasteiger charge is 2.11. The van der Waals surface area contributed by atoms with Crippen LogP contribution in [-0.4, -0.2) is 53.6 Å². The van der Waals surface area contributed by atoms with Crippen LogP contribution in [0.2, 0.25) is 0 Å². The van der Waals surface area contributed by atoms with Crippen LogP contribution in [-0.2, 0) is 19.1 Å². The Morgan fingerprint density at radius 1 is 0.697 bits per heavy atom. The van der Waals surface area contributed by atoms with Crippen LogP contribution in [0.15, 0.2) is 48.6 Å². The van der Waals surface area contributed by atoms with Gasteiger partial charge in [0.15, 0.2) is 48.2 Å². The van der Waals surface area contributed by atoms with E-state index in [9.17, 15) is 9.59 Å². The summed E-state index contributed by atoms with van der Waals surface area (Å²) in [5.74, 6) is 1.19. The third kappa shape index (κ3) is 7.78. The van der Waals surface area contributed by atoms with Gasteiger partial charge >= 0.3 is 0 Å². The van der Waals surface area contributed by atoms with E-state index in [0.717, 1.165) is 0 Å². The summed E-state index contributed by atoms with van der Waals surface area (Å²) in [6, 6.07) is 10.6. The standard InChI is InChI=1S/C25H28O8/c1-28-16-32-24-18(7-5-9-22(24)30-3)11-13-20(26)15-21(27)14-12-19-8-6-10-23(31-4)25(19)33-17-29-2/h5-14H,15-17H2,1-4H3. The van der Waals surface area contributed by atoms with E-state index in [2.05, 4.69) is 0 Å². The molecule has 0 N–H and O–H groups in total. The molecule has 8 heteroatoms. The summed E-state index contributed by atoms with van der Waals surface area (Å²) >= 11 is 0. The van der Waals surface area contributed by atoms with Crippen LogP contribution in [0.1, 0.15) is 17.5 Å². The fourth-order valence-corrected chi connectivity index (χ4v) is 2.85. The minimum Gasteiger partial charge on any atom is -0.493 e. The smallest absolute Gasteiger partial charge is 0.188 e. The number of hydrogen-bond acceptors (Lipinski definition) is 8. The lowest BCUT2D eigenvalue weighted by molar-refractivity contribution is -0.121. The molecule has 176 valence electrons. The second-order valence-corrected chi connectivity index (χ2v) is 6.64. The van der Waals surface area contributed by atoms with Crippen LogP contribution in [0.25, 0.3) is 12.2 Å². The van der Waals surface area contributed by atoms with Gasteiger partial charge in [0, 0.05) is 25.3 Å². The van der Waals surface area contributed by atoms with Crippen molar-refractivity contribution in [2.45, 2.75) is 6.42 Å². The zero-order chi connectivity index (χ0) is 24.1. The fourth-order valence-electron chi connectivity index (χ4n) is 2.85. The first-order valence-corrected chi connectivity index (χ1v) is 10.0. The van der Waals surface area contributed by atoms with E-state index < -0.39 is 0 Å². The van der Waals surface area contributed by atoms with E-state index in [-0.39, 0.29) is 31.6 Å². The Labute approximate surface area is 193 Å². The fraction of sp³-hybridized carbons (Fsp3) is 0.280. The zero-order valence-electron chi connectivity index (χ0n) is 19.2. The Balaban J connectivity index is 2.08. The number of allylic oxidation sites excluding steroid dienone is 2. The molecule has 0 radical (unpaired) electrons. The molecule has 0 aliphatic rings. The lowest BCUT2D eigenvalue weighted by Gasteiger charge is -2.12. The van der Waals surface area contributed by atoms with Gasteiger partial charge in [-0.2, -0.15) is 0 Å². The zero-order valence-corrected chi connectivity index (χ0v) is 19.2. The Hall–Kier alpha value is -3.62. The average molecular weight is 456 g/mol. The highest BCUT2D eigenvalue weighted by atomic mass is 16.7. The minimum absolute atomic E-state index is 0.0266. The van der Waals surface area contributed by atoms with Gasteiger partial charge in [-0.05, 0) is 36.4 Å². The van der Waals surface area contributed by atoms with Gasteiger partial charge in [0.2, 0.25) is 0 Å². The van der Waals surface area contributed by atoms with E-state index in [0.29, 0.717) is 34.1 Å². The molecular weight excluding hydrogens is 428 g/mol. The van der Waals surface area contributed by atoms with Crippen molar-refractivity contribution in [1.82, 2.24) is 0 Å². The van der Waals surface area contributed by atoms with Crippen LogP contribution in [0, 0.1) is 0 Å². The quantitative estimate of drug-likeness (QED) is 0.240. The topological polar surface area (TPSA) is 89.5 Å². The third-order valence-electron chi connectivity index (χ3n) is 4.35. The lowest BCUT2D eigenvalue weighted by atomic mass is 10.1. The summed E-state index contributed by atoms with van der Waals surface area (Å²) in [4.78, 5) is 24.7. The number of carbonyl (C=O) groups excluding carboxylic acids is 2. The molecule has 0 bridgehead atoms. The maximum atomic E-state index is 12.3. The van der Waals surface area contributed by atoms with Crippen LogP contribution < -0.4 is 18.9 Å². The highest BCUT2D eigenvalue weighted by Crippen LogP contribution is 2.33. The first-order chi connectivity index (χ1) is 16.0. The molecular formula is C25H28O8. The molecule has 0 amide bonds. The molecule has 0 aliphatic heterocycles. The SMILES string of the molecule is COCOc1c(C=CC(=O)CC(=O)C=Cc2cccc(OC)c2OCOC)cccc1OC. The predicted molar refractivity (Wildman–Crippen MR) is 124 cm³/mol. The largest absolute Gasteiger partial charge is 0.493 e. The molecule has 0 heterocycles. The van der Waals surface area contributed by atoms with E-state index >= 15 is 0 Å². The molecule has 0 aromatic heterocycles. The van der Waals surface area contributed by atoms with Crippen LogP contribution in [0.4, 0.5) is 0 Å². The normalized spacial score (nSPS) is 11.0. The first-order valence-electron chi connectivity index (χ1n) is 10.0. The monoisotopic (exact) mass is 456 g/mol. The van der Waals surface area contributed by atoms with Crippen molar-refractivity contribution in [2.24, 2.45) is 0 Å². The summed E-state index contributed by atoms with van der Waals surface area (Å²) in [5.41, 5.74) is 1.25. The van der Waals surface area contributed by atoms with Crippen molar-refractivity contribution in [3.05, 3.63) is 59.7 Å². The van der Waals surface area contributed by atoms with E-state index in [1.54, 1.807) is 48.6 Å². The summed E-state index contributed by atoms with van der Waals surface area (Å²) in [5, 5.41) is 0. The van der Waals surface area contributed by atoms with Crippen LogP contribution in [0.3, 0.4) is 0 Å². The predicted octanol–water partition coefficient (Wildman–Crippen LogP) is 3.92. The molecule has 2 rings (SSSR count). The Kier molecular flexibility index (Phi) is 10.7. The Bertz CT molecular complexity index is 914. The molecule has 8 nitrogen and oxygen atoms in total. The second-order valence-electron chi connectivity index (χ2n) is 6.64. The number of benzene rings is 2. The number of para-hydroxylation sites is 2. The van der Waals surface area contributed by atoms with E-state index in [1.807, 2.05) is 0 Å². The van der Waals surface area contributed by atoms with Gasteiger partial charge in [-0.3, -0.25) is 9.59 Å². The summed E-state index contributed by atoms with van der Waals surface area (Å²) in [6.45, 7) is 0.0532.